The van der Waals surface area contributed by atoms with Gasteiger partial charge in [-0.2, -0.15) is 13.2 Å². The van der Waals surface area contributed by atoms with Crippen molar-refractivity contribution in [1.82, 2.24) is 0 Å². The largest absolute Gasteiger partial charge is 0.573 e. The molecule has 0 spiro atoms. The fourth-order valence-corrected chi connectivity index (χ4v) is 3.02. The highest BCUT2D eigenvalue weighted by molar-refractivity contribution is 5.66. The van der Waals surface area contributed by atoms with Crippen molar-refractivity contribution in [3.8, 4) is 11.5 Å². The Morgan fingerprint density at radius 3 is 2.38 bits per heavy atom. The van der Waals surface area contributed by atoms with Gasteiger partial charge in [-0.3, -0.25) is 0 Å². The van der Waals surface area contributed by atoms with Gasteiger partial charge < -0.3 is 23.8 Å². The van der Waals surface area contributed by atoms with Crippen LogP contribution < -0.4 is 9.47 Å². The molecule has 0 aromatic heterocycles. The minimum absolute atomic E-state index is 0.0936. The van der Waals surface area contributed by atoms with Gasteiger partial charge in [0.05, 0.1) is 6.61 Å². The standard InChI is InChI=1S/C19H19F6NO8/c1-10-8-14(33-19(23,24)25)9-13-4-6-17(18(20,21)22,34-15(10)13)12(3)32-16(27)31-11(2)5-7-30-26(28)29/h4,6,8-9,11-12H,5,7H2,1-3H3/t11?,12?,17-/m0/s1. The average molecular weight is 503 g/mol. The molecule has 1 aliphatic heterocycles. The van der Waals surface area contributed by atoms with E-state index in [1.807, 2.05) is 0 Å². The van der Waals surface area contributed by atoms with Crippen LogP contribution in [0.25, 0.3) is 6.08 Å². The van der Waals surface area contributed by atoms with Gasteiger partial charge in [-0.25, -0.2) is 4.79 Å². The zero-order valence-corrected chi connectivity index (χ0v) is 17.9. The van der Waals surface area contributed by atoms with Crippen molar-refractivity contribution in [2.75, 3.05) is 6.61 Å². The van der Waals surface area contributed by atoms with Gasteiger partial charge in [-0.1, -0.05) is 6.08 Å². The number of rotatable bonds is 8. The van der Waals surface area contributed by atoms with Crippen LogP contribution in [0.5, 0.6) is 11.5 Å². The van der Waals surface area contributed by atoms with Crippen LogP contribution in [-0.4, -0.2) is 48.2 Å². The Bertz CT molecular complexity index is 948. The number of halogens is 6. The van der Waals surface area contributed by atoms with E-state index >= 15 is 0 Å². The number of fused-ring (bicyclic) bond motifs is 1. The molecule has 2 unspecified atom stereocenters. The van der Waals surface area contributed by atoms with Crippen molar-refractivity contribution in [2.45, 2.75) is 57.5 Å². The first-order valence-electron chi connectivity index (χ1n) is 9.54. The van der Waals surface area contributed by atoms with Crippen molar-refractivity contribution in [3.05, 3.63) is 39.4 Å². The third-order valence-corrected chi connectivity index (χ3v) is 4.63. The molecule has 1 aromatic rings. The first-order chi connectivity index (χ1) is 15.5. The van der Waals surface area contributed by atoms with Crippen molar-refractivity contribution < 1.29 is 60.0 Å². The Balaban J connectivity index is 2.21. The van der Waals surface area contributed by atoms with Gasteiger partial charge in [-0.05, 0) is 44.5 Å². The highest BCUT2D eigenvalue weighted by Crippen LogP contribution is 2.46. The van der Waals surface area contributed by atoms with Gasteiger partial charge in [0.1, 0.15) is 17.6 Å². The molecule has 0 saturated carbocycles. The summed E-state index contributed by atoms with van der Waals surface area (Å²) in [5.41, 5.74) is -3.40. The van der Waals surface area contributed by atoms with Crippen LogP contribution in [0.4, 0.5) is 31.1 Å². The number of alkyl halides is 6. The number of carbonyl (C=O) groups is 1. The van der Waals surface area contributed by atoms with Crippen molar-refractivity contribution in [3.63, 3.8) is 0 Å². The molecule has 0 amide bonds. The van der Waals surface area contributed by atoms with E-state index in [0.29, 0.717) is 6.08 Å². The summed E-state index contributed by atoms with van der Waals surface area (Å²) in [5, 5.41) is 9.05. The molecule has 34 heavy (non-hydrogen) atoms. The number of hydrogen-bond donors (Lipinski definition) is 0. The molecule has 3 atom stereocenters. The van der Waals surface area contributed by atoms with Crippen molar-refractivity contribution in [2.24, 2.45) is 0 Å². The molecule has 1 heterocycles. The van der Waals surface area contributed by atoms with E-state index in [1.54, 1.807) is 0 Å². The van der Waals surface area contributed by atoms with Gasteiger partial charge in [0.25, 0.3) is 10.7 Å². The Labute approximate surface area is 188 Å². The highest BCUT2D eigenvalue weighted by atomic mass is 19.4. The molecule has 0 saturated heterocycles. The summed E-state index contributed by atoms with van der Waals surface area (Å²) in [6.07, 6.45) is -13.4. The molecule has 0 bridgehead atoms. The number of hydrogen-bond acceptors (Lipinski definition) is 8. The molecular weight excluding hydrogens is 484 g/mol. The number of carbonyl (C=O) groups excluding carboxylic acids is 1. The lowest BCUT2D eigenvalue weighted by Gasteiger charge is -2.40. The molecule has 0 N–H and O–H groups in total. The lowest BCUT2D eigenvalue weighted by atomic mass is 9.91. The summed E-state index contributed by atoms with van der Waals surface area (Å²) >= 11 is 0. The quantitative estimate of drug-likeness (QED) is 0.208. The van der Waals surface area contributed by atoms with Crippen LogP contribution in [0, 0.1) is 17.0 Å². The summed E-state index contributed by atoms with van der Waals surface area (Å²) in [6, 6.07) is 1.70. The van der Waals surface area contributed by atoms with Gasteiger partial charge in [0, 0.05) is 12.0 Å². The number of nitrogens with zero attached hydrogens (tertiary/aromatic N) is 1. The summed E-state index contributed by atoms with van der Waals surface area (Å²) < 4.78 is 98.2. The molecule has 1 aliphatic rings. The molecule has 0 fully saturated rings. The zero-order valence-electron chi connectivity index (χ0n) is 17.9. The van der Waals surface area contributed by atoms with E-state index in [1.165, 1.54) is 13.8 Å². The van der Waals surface area contributed by atoms with Gasteiger partial charge in [0.2, 0.25) is 0 Å². The Morgan fingerprint density at radius 2 is 1.82 bits per heavy atom. The Hall–Kier alpha value is -3.39. The molecule has 2 rings (SSSR count). The lowest BCUT2D eigenvalue weighted by Crippen LogP contribution is -2.58. The molecular formula is C19H19F6NO8. The van der Waals surface area contributed by atoms with Crippen molar-refractivity contribution in [1.29, 1.82) is 0 Å². The van der Waals surface area contributed by atoms with E-state index in [9.17, 15) is 41.3 Å². The van der Waals surface area contributed by atoms with E-state index in [-0.39, 0.29) is 23.3 Å². The minimum atomic E-state index is -5.13. The Kier molecular flexibility index (Phi) is 7.78. The van der Waals surface area contributed by atoms with Crippen LogP contribution in [0.15, 0.2) is 18.2 Å². The smallest absolute Gasteiger partial charge is 0.469 e. The summed E-state index contributed by atoms with van der Waals surface area (Å²) in [7, 11) is 0. The SMILES string of the molecule is Cc1cc(OC(F)(F)F)cc2c1O[C@@](C(C)OC(=O)OC(C)CCO[N+](=O)[O-])(C(F)(F)F)C=C2. The molecule has 0 aliphatic carbocycles. The molecule has 9 nitrogen and oxygen atoms in total. The second-order valence-electron chi connectivity index (χ2n) is 7.22. The predicted octanol–water partition coefficient (Wildman–Crippen LogP) is 5.13. The number of benzene rings is 1. The fourth-order valence-electron chi connectivity index (χ4n) is 3.02. The monoisotopic (exact) mass is 503 g/mol. The maximum atomic E-state index is 14.1. The first kappa shape index (κ1) is 26.9. The van der Waals surface area contributed by atoms with Gasteiger partial charge >= 0.3 is 18.7 Å². The molecule has 15 heteroatoms. The van der Waals surface area contributed by atoms with Crippen molar-refractivity contribution >= 4 is 12.2 Å². The Morgan fingerprint density at radius 1 is 1.18 bits per heavy atom. The third kappa shape index (κ3) is 6.57. The van der Waals surface area contributed by atoms with Gasteiger partial charge in [0.15, 0.2) is 6.10 Å². The second-order valence-corrected chi connectivity index (χ2v) is 7.22. The van der Waals surface area contributed by atoms with Crippen LogP contribution in [0.3, 0.4) is 0 Å². The molecule has 1 aromatic carbocycles. The molecule has 190 valence electrons. The maximum Gasteiger partial charge on any atom is 0.573 e. The minimum Gasteiger partial charge on any atom is -0.469 e. The summed E-state index contributed by atoms with van der Waals surface area (Å²) in [5.74, 6) is -1.04. The zero-order chi connectivity index (χ0) is 25.9. The average Bonchev–Trinajstić information content (AvgIpc) is 2.64. The van der Waals surface area contributed by atoms with E-state index in [2.05, 4.69) is 9.57 Å². The molecule has 0 radical (unpaired) electrons. The van der Waals surface area contributed by atoms with Crippen LogP contribution in [0.2, 0.25) is 0 Å². The second kappa shape index (κ2) is 9.85. The summed E-state index contributed by atoms with van der Waals surface area (Å²) in [4.78, 5) is 26.1. The lowest BCUT2D eigenvalue weighted by molar-refractivity contribution is -0.758. The number of ether oxygens (including phenoxy) is 4. The van der Waals surface area contributed by atoms with Crippen LogP contribution in [-0.2, 0) is 14.3 Å². The van der Waals surface area contributed by atoms with Crippen LogP contribution >= 0.6 is 0 Å². The first-order valence-corrected chi connectivity index (χ1v) is 9.54. The predicted molar refractivity (Wildman–Crippen MR) is 100 cm³/mol. The van der Waals surface area contributed by atoms with Crippen LogP contribution in [0.1, 0.15) is 31.4 Å². The maximum absolute atomic E-state index is 14.1. The normalized spacial score (nSPS) is 19.3. The fraction of sp³-hybridized carbons (Fsp3) is 0.526. The highest BCUT2D eigenvalue weighted by Gasteiger charge is 2.62. The van der Waals surface area contributed by atoms with Gasteiger partial charge in [-0.15, -0.1) is 23.3 Å². The summed E-state index contributed by atoms with van der Waals surface area (Å²) in [6.45, 7) is 3.00. The topological polar surface area (TPSA) is 106 Å². The number of aryl methyl sites for hydroxylation is 1. The van der Waals surface area contributed by atoms with E-state index in [4.69, 9.17) is 14.2 Å². The van der Waals surface area contributed by atoms with E-state index < -0.39 is 53.9 Å². The van der Waals surface area contributed by atoms with E-state index in [0.717, 1.165) is 25.1 Å². The third-order valence-electron chi connectivity index (χ3n) is 4.63.